The van der Waals surface area contributed by atoms with Crippen molar-refractivity contribution < 1.29 is 4.79 Å². The third-order valence-electron chi connectivity index (χ3n) is 4.98. The van der Waals surface area contributed by atoms with Gasteiger partial charge in [0.05, 0.1) is 10.7 Å². The van der Waals surface area contributed by atoms with Crippen LogP contribution in [0.1, 0.15) is 26.1 Å². The summed E-state index contributed by atoms with van der Waals surface area (Å²) in [5.74, 6) is 2.21. The van der Waals surface area contributed by atoms with Crippen molar-refractivity contribution >= 4 is 23.1 Å². The van der Waals surface area contributed by atoms with Crippen molar-refractivity contribution in [1.82, 2.24) is 19.9 Å². The Labute approximate surface area is 145 Å². The number of fused-ring (bicyclic) bond motifs is 1. The van der Waals surface area contributed by atoms with Gasteiger partial charge in [0.15, 0.2) is 0 Å². The van der Waals surface area contributed by atoms with Crippen LogP contribution >= 0.6 is 11.3 Å². The Hall–Kier alpha value is -2.02. The van der Waals surface area contributed by atoms with Gasteiger partial charge in [0.25, 0.3) is 5.91 Å². The first-order valence-electron chi connectivity index (χ1n) is 8.28. The van der Waals surface area contributed by atoms with Gasteiger partial charge in [-0.2, -0.15) is 0 Å². The Morgan fingerprint density at radius 3 is 2.42 bits per heavy atom. The number of anilines is 1. The molecule has 2 aliphatic heterocycles. The molecule has 4 heterocycles. The standard InChI is InChI=1S/C17H21N5OS/c1-10-4-15(19-9-18-10)21-5-13-7-22(8-14(13)6-21)17(23)16-11(2)20-12(3)24-16/h4,9,13-14H,5-8H2,1-3H3. The van der Waals surface area contributed by atoms with Crippen LogP contribution in [0, 0.1) is 32.6 Å². The molecule has 2 atom stereocenters. The number of aryl methyl sites for hydroxylation is 3. The summed E-state index contributed by atoms with van der Waals surface area (Å²) in [7, 11) is 0. The summed E-state index contributed by atoms with van der Waals surface area (Å²) >= 11 is 1.51. The van der Waals surface area contributed by atoms with Crippen molar-refractivity contribution in [3.8, 4) is 0 Å². The SMILES string of the molecule is Cc1cc(N2CC3CN(C(=O)c4sc(C)nc4C)CC3C2)ncn1. The molecule has 0 aliphatic carbocycles. The van der Waals surface area contributed by atoms with Crippen LogP contribution in [0.15, 0.2) is 12.4 Å². The molecule has 2 aromatic rings. The number of likely N-dealkylation sites (tertiary alicyclic amines) is 1. The third kappa shape index (κ3) is 2.66. The maximum absolute atomic E-state index is 12.8. The van der Waals surface area contributed by atoms with Crippen LogP contribution in [0.3, 0.4) is 0 Å². The molecule has 2 aliphatic rings. The molecule has 7 heteroatoms. The Bertz CT molecular complexity index is 775. The maximum atomic E-state index is 12.8. The number of thiazole rings is 1. The molecule has 2 aromatic heterocycles. The Balaban J connectivity index is 1.44. The molecule has 0 N–H and O–H groups in total. The second kappa shape index (κ2) is 5.81. The van der Waals surface area contributed by atoms with Crippen molar-refractivity contribution in [2.45, 2.75) is 20.8 Å². The predicted molar refractivity (Wildman–Crippen MR) is 93.5 cm³/mol. The first-order chi connectivity index (χ1) is 11.5. The predicted octanol–water partition coefficient (Wildman–Crippen LogP) is 2.07. The number of hydrogen-bond acceptors (Lipinski definition) is 6. The van der Waals surface area contributed by atoms with Gasteiger partial charge in [0.2, 0.25) is 0 Å². The zero-order valence-electron chi connectivity index (χ0n) is 14.2. The second-order valence-electron chi connectivity index (χ2n) is 6.80. The summed E-state index contributed by atoms with van der Waals surface area (Å²) < 4.78 is 0. The van der Waals surface area contributed by atoms with Crippen molar-refractivity contribution in [1.29, 1.82) is 0 Å². The number of nitrogens with zero attached hydrogens (tertiary/aromatic N) is 5. The molecule has 2 fully saturated rings. The smallest absolute Gasteiger partial charge is 0.265 e. The molecule has 0 saturated carbocycles. The van der Waals surface area contributed by atoms with Crippen molar-refractivity contribution in [2.75, 3.05) is 31.1 Å². The lowest BCUT2D eigenvalue weighted by Gasteiger charge is -2.22. The Morgan fingerprint density at radius 1 is 1.12 bits per heavy atom. The normalized spacial score (nSPS) is 23.0. The highest BCUT2D eigenvalue weighted by atomic mass is 32.1. The molecular formula is C17H21N5OS. The summed E-state index contributed by atoms with van der Waals surface area (Å²) in [6, 6.07) is 2.04. The highest BCUT2D eigenvalue weighted by Gasteiger charge is 2.42. The topological polar surface area (TPSA) is 62.2 Å². The largest absolute Gasteiger partial charge is 0.356 e. The van der Waals surface area contributed by atoms with Gasteiger partial charge >= 0.3 is 0 Å². The highest BCUT2D eigenvalue weighted by molar-refractivity contribution is 7.13. The van der Waals surface area contributed by atoms with Gasteiger partial charge in [-0.1, -0.05) is 0 Å². The Morgan fingerprint density at radius 2 is 1.83 bits per heavy atom. The van der Waals surface area contributed by atoms with E-state index in [4.69, 9.17) is 0 Å². The zero-order valence-corrected chi connectivity index (χ0v) is 15.0. The molecule has 4 rings (SSSR count). The summed E-state index contributed by atoms with van der Waals surface area (Å²) in [4.78, 5) is 30.9. The van der Waals surface area contributed by atoms with Gasteiger partial charge in [0.1, 0.15) is 17.0 Å². The minimum atomic E-state index is 0.150. The quantitative estimate of drug-likeness (QED) is 0.835. The van der Waals surface area contributed by atoms with Crippen LogP contribution in [0.4, 0.5) is 5.82 Å². The monoisotopic (exact) mass is 343 g/mol. The average Bonchev–Trinajstić information content (AvgIpc) is 3.19. The molecule has 126 valence electrons. The van der Waals surface area contributed by atoms with Gasteiger partial charge < -0.3 is 9.80 Å². The highest BCUT2D eigenvalue weighted by Crippen LogP contribution is 2.34. The van der Waals surface area contributed by atoms with Crippen LogP contribution < -0.4 is 4.90 Å². The number of amides is 1. The van der Waals surface area contributed by atoms with E-state index >= 15 is 0 Å². The molecule has 0 aromatic carbocycles. The molecule has 0 spiro atoms. The summed E-state index contributed by atoms with van der Waals surface area (Å²) in [6.07, 6.45) is 1.63. The van der Waals surface area contributed by atoms with Crippen molar-refractivity contribution in [3.63, 3.8) is 0 Å². The van der Waals surface area contributed by atoms with E-state index in [-0.39, 0.29) is 5.91 Å². The van der Waals surface area contributed by atoms with Crippen LogP contribution in [0.2, 0.25) is 0 Å². The van der Waals surface area contributed by atoms with Gasteiger partial charge in [-0.15, -0.1) is 11.3 Å². The van der Waals surface area contributed by atoms with E-state index < -0.39 is 0 Å². The summed E-state index contributed by atoms with van der Waals surface area (Å²) in [5.41, 5.74) is 1.85. The number of carbonyl (C=O) groups is 1. The molecular weight excluding hydrogens is 322 g/mol. The number of carbonyl (C=O) groups excluding carboxylic acids is 1. The zero-order chi connectivity index (χ0) is 16.8. The van der Waals surface area contributed by atoms with E-state index in [1.54, 1.807) is 6.33 Å². The van der Waals surface area contributed by atoms with E-state index in [1.165, 1.54) is 11.3 Å². The molecule has 6 nitrogen and oxygen atoms in total. The fraction of sp³-hybridized carbons (Fsp3) is 0.529. The van der Waals surface area contributed by atoms with Crippen molar-refractivity contribution in [3.05, 3.63) is 33.7 Å². The molecule has 0 bridgehead atoms. The fourth-order valence-corrected chi connectivity index (χ4v) is 4.72. The van der Waals surface area contributed by atoms with Gasteiger partial charge in [-0.05, 0) is 20.8 Å². The molecule has 0 radical (unpaired) electrons. The number of rotatable bonds is 2. The molecule has 2 unspecified atom stereocenters. The van der Waals surface area contributed by atoms with Gasteiger partial charge in [0, 0.05) is 49.8 Å². The van der Waals surface area contributed by atoms with Crippen LogP contribution in [-0.4, -0.2) is 51.9 Å². The van der Waals surface area contributed by atoms with E-state index in [2.05, 4.69) is 19.9 Å². The minimum Gasteiger partial charge on any atom is -0.356 e. The molecule has 24 heavy (non-hydrogen) atoms. The third-order valence-corrected chi connectivity index (χ3v) is 6.05. The van der Waals surface area contributed by atoms with Crippen molar-refractivity contribution in [2.24, 2.45) is 11.8 Å². The summed E-state index contributed by atoms with van der Waals surface area (Å²) in [5, 5.41) is 0.959. The lowest BCUT2D eigenvalue weighted by Crippen LogP contribution is -2.33. The summed E-state index contributed by atoms with van der Waals surface area (Å²) in [6.45, 7) is 9.46. The average molecular weight is 343 g/mol. The maximum Gasteiger partial charge on any atom is 0.265 e. The lowest BCUT2D eigenvalue weighted by atomic mass is 10.0. The number of hydrogen-bond donors (Lipinski definition) is 0. The molecule has 2 saturated heterocycles. The van der Waals surface area contributed by atoms with Crippen LogP contribution in [-0.2, 0) is 0 Å². The molecule has 1 amide bonds. The van der Waals surface area contributed by atoms with E-state index in [1.807, 2.05) is 31.7 Å². The number of aromatic nitrogens is 3. The van der Waals surface area contributed by atoms with E-state index in [0.29, 0.717) is 11.8 Å². The minimum absolute atomic E-state index is 0.150. The fourth-order valence-electron chi connectivity index (χ4n) is 3.83. The second-order valence-corrected chi connectivity index (χ2v) is 8.00. The van der Waals surface area contributed by atoms with E-state index in [0.717, 1.165) is 53.3 Å². The first-order valence-corrected chi connectivity index (χ1v) is 9.10. The first kappa shape index (κ1) is 15.5. The van der Waals surface area contributed by atoms with Gasteiger partial charge in [-0.3, -0.25) is 4.79 Å². The van der Waals surface area contributed by atoms with E-state index in [9.17, 15) is 4.79 Å². The van der Waals surface area contributed by atoms with Crippen LogP contribution in [0.5, 0.6) is 0 Å². The lowest BCUT2D eigenvalue weighted by molar-refractivity contribution is 0.0786. The van der Waals surface area contributed by atoms with Gasteiger partial charge in [-0.25, -0.2) is 15.0 Å². The Kier molecular flexibility index (Phi) is 3.75. The van der Waals surface area contributed by atoms with Crippen LogP contribution in [0.25, 0.3) is 0 Å².